The van der Waals surface area contributed by atoms with Gasteiger partial charge in [0, 0.05) is 32.0 Å². The fraction of sp³-hybridized carbons (Fsp3) is 0.571. The summed E-state index contributed by atoms with van der Waals surface area (Å²) in [6, 6.07) is 1.92. The van der Waals surface area contributed by atoms with Crippen LogP contribution in [0.4, 0.5) is 5.69 Å². The number of nitrogens with zero attached hydrogens (tertiary/aromatic N) is 2. The van der Waals surface area contributed by atoms with Gasteiger partial charge in [-0.05, 0) is 25.3 Å². The van der Waals surface area contributed by atoms with Crippen LogP contribution in [0, 0.1) is 12.8 Å². The number of aryl methyl sites for hydroxylation is 1. The van der Waals surface area contributed by atoms with E-state index in [1.807, 2.05) is 24.9 Å². The molecule has 0 bridgehead atoms. The highest BCUT2D eigenvalue weighted by Crippen LogP contribution is 2.23. The Morgan fingerprint density at radius 1 is 1.61 bits per heavy atom. The predicted octanol–water partition coefficient (Wildman–Crippen LogP) is 2.30. The van der Waals surface area contributed by atoms with Gasteiger partial charge in [-0.15, -0.1) is 0 Å². The second-order valence-corrected chi connectivity index (χ2v) is 4.94. The average molecular weight is 247 g/mol. The van der Waals surface area contributed by atoms with Crippen LogP contribution in [-0.2, 0) is 0 Å². The molecule has 18 heavy (non-hydrogen) atoms. The molecule has 1 aromatic heterocycles. The van der Waals surface area contributed by atoms with Crippen molar-refractivity contribution >= 4 is 11.6 Å². The summed E-state index contributed by atoms with van der Waals surface area (Å²) in [7, 11) is 1.84. The van der Waals surface area contributed by atoms with Crippen LogP contribution in [0.2, 0.25) is 0 Å². The Hall–Kier alpha value is -1.58. The van der Waals surface area contributed by atoms with Gasteiger partial charge in [-0.3, -0.25) is 9.78 Å². The average Bonchev–Trinajstić information content (AvgIpc) is 2.86. The van der Waals surface area contributed by atoms with E-state index >= 15 is 0 Å². The quantitative estimate of drug-likeness (QED) is 0.891. The van der Waals surface area contributed by atoms with E-state index in [0.29, 0.717) is 11.5 Å². The fourth-order valence-corrected chi connectivity index (χ4v) is 2.46. The highest BCUT2D eigenvalue weighted by molar-refractivity contribution is 5.99. The second kappa shape index (κ2) is 5.38. The number of carbonyl (C=O) groups excluding carboxylic acids is 1. The summed E-state index contributed by atoms with van der Waals surface area (Å²) in [4.78, 5) is 18.6. The molecule has 0 radical (unpaired) electrons. The topological polar surface area (TPSA) is 45.2 Å². The van der Waals surface area contributed by atoms with Crippen LogP contribution in [0.25, 0.3) is 0 Å². The Balaban J connectivity index is 2.19. The van der Waals surface area contributed by atoms with Crippen molar-refractivity contribution in [3.05, 3.63) is 23.5 Å². The number of hydrogen-bond donors (Lipinski definition) is 1. The molecular formula is C14H21N3O. The lowest BCUT2D eigenvalue weighted by Crippen LogP contribution is -2.29. The molecule has 0 aliphatic carbocycles. The van der Waals surface area contributed by atoms with Gasteiger partial charge in [-0.1, -0.05) is 13.3 Å². The number of aromatic nitrogens is 1. The molecule has 1 aliphatic heterocycles. The number of anilines is 1. The van der Waals surface area contributed by atoms with Crippen molar-refractivity contribution < 1.29 is 4.79 Å². The zero-order valence-corrected chi connectivity index (χ0v) is 11.4. The van der Waals surface area contributed by atoms with Crippen molar-refractivity contribution in [3.8, 4) is 0 Å². The maximum atomic E-state index is 12.4. The summed E-state index contributed by atoms with van der Waals surface area (Å²) in [5.41, 5.74) is 2.47. The smallest absolute Gasteiger partial charge is 0.257 e. The van der Waals surface area contributed by atoms with Gasteiger partial charge in [0.05, 0.1) is 11.3 Å². The Labute approximate surface area is 108 Å². The van der Waals surface area contributed by atoms with E-state index < -0.39 is 0 Å². The lowest BCUT2D eigenvalue weighted by Gasteiger charge is -2.18. The Morgan fingerprint density at radius 3 is 3.00 bits per heavy atom. The first-order valence-electron chi connectivity index (χ1n) is 6.59. The van der Waals surface area contributed by atoms with E-state index in [9.17, 15) is 4.79 Å². The SMILES string of the molecule is CCC1CCN(C(=O)c2cnc(C)cc2NC)C1. The van der Waals surface area contributed by atoms with E-state index in [-0.39, 0.29) is 5.91 Å². The van der Waals surface area contributed by atoms with Gasteiger partial charge in [0.15, 0.2) is 0 Å². The minimum absolute atomic E-state index is 0.0998. The van der Waals surface area contributed by atoms with Crippen LogP contribution in [0.5, 0.6) is 0 Å². The Bertz CT molecular complexity index is 445. The minimum atomic E-state index is 0.0998. The lowest BCUT2D eigenvalue weighted by atomic mass is 10.1. The van der Waals surface area contributed by atoms with Gasteiger partial charge in [0.1, 0.15) is 0 Å². The van der Waals surface area contributed by atoms with Crippen molar-refractivity contribution in [2.24, 2.45) is 5.92 Å². The van der Waals surface area contributed by atoms with Crippen molar-refractivity contribution in [2.75, 3.05) is 25.5 Å². The maximum Gasteiger partial charge on any atom is 0.257 e. The number of likely N-dealkylation sites (tertiary alicyclic amines) is 1. The van der Waals surface area contributed by atoms with Crippen molar-refractivity contribution in [1.29, 1.82) is 0 Å². The Morgan fingerprint density at radius 2 is 2.39 bits per heavy atom. The van der Waals surface area contributed by atoms with Crippen molar-refractivity contribution in [2.45, 2.75) is 26.7 Å². The summed E-state index contributed by atoms with van der Waals surface area (Å²) >= 11 is 0. The van der Waals surface area contributed by atoms with Crippen LogP contribution in [0.15, 0.2) is 12.3 Å². The third-order valence-corrected chi connectivity index (χ3v) is 3.69. The van der Waals surface area contributed by atoms with E-state index in [1.54, 1.807) is 6.20 Å². The Kier molecular flexibility index (Phi) is 3.84. The number of carbonyl (C=O) groups is 1. The summed E-state index contributed by atoms with van der Waals surface area (Å²) < 4.78 is 0. The van der Waals surface area contributed by atoms with Crippen LogP contribution < -0.4 is 5.32 Å². The molecule has 2 heterocycles. The number of amides is 1. The van der Waals surface area contributed by atoms with Gasteiger partial charge in [-0.25, -0.2) is 0 Å². The molecule has 1 saturated heterocycles. The van der Waals surface area contributed by atoms with E-state index in [0.717, 1.165) is 37.3 Å². The molecule has 1 atom stereocenters. The van der Waals surface area contributed by atoms with Gasteiger partial charge in [-0.2, -0.15) is 0 Å². The van der Waals surface area contributed by atoms with Crippen molar-refractivity contribution in [1.82, 2.24) is 9.88 Å². The zero-order valence-electron chi connectivity index (χ0n) is 11.4. The van der Waals surface area contributed by atoms with Crippen LogP contribution in [0.1, 0.15) is 35.8 Å². The first kappa shape index (κ1) is 12.9. The molecule has 4 nitrogen and oxygen atoms in total. The van der Waals surface area contributed by atoms with Gasteiger partial charge >= 0.3 is 0 Å². The first-order valence-corrected chi connectivity index (χ1v) is 6.59. The third-order valence-electron chi connectivity index (χ3n) is 3.69. The van der Waals surface area contributed by atoms with E-state index in [4.69, 9.17) is 0 Å². The van der Waals surface area contributed by atoms with E-state index in [1.165, 1.54) is 0 Å². The molecule has 1 amide bonds. The van der Waals surface area contributed by atoms with Crippen LogP contribution in [0.3, 0.4) is 0 Å². The number of pyridine rings is 1. The highest BCUT2D eigenvalue weighted by Gasteiger charge is 2.27. The highest BCUT2D eigenvalue weighted by atomic mass is 16.2. The summed E-state index contributed by atoms with van der Waals surface area (Å²) in [6.07, 6.45) is 3.95. The molecule has 1 aliphatic rings. The first-order chi connectivity index (χ1) is 8.65. The molecule has 1 fully saturated rings. The second-order valence-electron chi connectivity index (χ2n) is 4.94. The molecule has 0 saturated carbocycles. The monoisotopic (exact) mass is 247 g/mol. The normalized spacial score (nSPS) is 19.1. The molecule has 2 rings (SSSR count). The van der Waals surface area contributed by atoms with Crippen LogP contribution in [-0.4, -0.2) is 35.9 Å². The van der Waals surface area contributed by atoms with Crippen molar-refractivity contribution in [3.63, 3.8) is 0 Å². The zero-order chi connectivity index (χ0) is 13.1. The lowest BCUT2D eigenvalue weighted by molar-refractivity contribution is 0.0787. The molecule has 1 N–H and O–H groups in total. The molecule has 0 spiro atoms. The summed E-state index contributed by atoms with van der Waals surface area (Å²) in [5, 5.41) is 3.08. The summed E-state index contributed by atoms with van der Waals surface area (Å²) in [5.74, 6) is 0.758. The van der Waals surface area contributed by atoms with Gasteiger partial charge in [0.2, 0.25) is 0 Å². The molecular weight excluding hydrogens is 226 g/mol. The molecule has 1 unspecified atom stereocenters. The standard InChI is InChI=1S/C14H21N3O/c1-4-11-5-6-17(9-11)14(18)12-8-16-10(2)7-13(12)15-3/h7-8,11H,4-6,9H2,1-3H3,(H,15,16). The fourth-order valence-electron chi connectivity index (χ4n) is 2.46. The number of hydrogen-bond acceptors (Lipinski definition) is 3. The van der Waals surface area contributed by atoms with E-state index in [2.05, 4.69) is 17.2 Å². The van der Waals surface area contributed by atoms with Gasteiger partial charge in [0.25, 0.3) is 5.91 Å². The molecule has 4 heteroatoms. The minimum Gasteiger partial charge on any atom is -0.387 e. The molecule has 98 valence electrons. The number of rotatable bonds is 3. The predicted molar refractivity (Wildman–Crippen MR) is 72.8 cm³/mol. The maximum absolute atomic E-state index is 12.4. The molecule has 1 aromatic rings. The number of nitrogens with one attached hydrogen (secondary N) is 1. The largest absolute Gasteiger partial charge is 0.387 e. The van der Waals surface area contributed by atoms with Gasteiger partial charge < -0.3 is 10.2 Å². The van der Waals surface area contributed by atoms with Crippen LogP contribution >= 0.6 is 0 Å². The third kappa shape index (κ3) is 2.47. The molecule has 0 aromatic carbocycles. The summed E-state index contributed by atoms with van der Waals surface area (Å²) in [6.45, 7) is 5.86.